The Morgan fingerprint density at radius 2 is 1.84 bits per heavy atom. The summed E-state index contributed by atoms with van der Waals surface area (Å²) in [6.07, 6.45) is 0.793. The third kappa shape index (κ3) is 2.98. The number of β-amino-alcohol motifs (C(OH)–C–C–N with tert-alkyl or cyclic N) is 1. The highest BCUT2D eigenvalue weighted by atomic mass is 16.4. The normalized spacial score (nSPS) is 28.7. The number of aliphatic hydroxyl groups is 2. The maximum Gasteiger partial charge on any atom is 0.326 e. The number of rotatable bonds is 2. The van der Waals surface area contributed by atoms with Gasteiger partial charge in [-0.2, -0.15) is 0 Å². The highest BCUT2D eigenvalue weighted by Crippen LogP contribution is 2.23. The smallest absolute Gasteiger partial charge is 0.326 e. The molecule has 2 saturated heterocycles. The van der Waals surface area contributed by atoms with E-state index >= 15 is 0 Å². The molecule has 0 aromatic rings. The van der Waals surface area contributed by atoms with Gasteiger partial charge in [0.05, 0.1) is 6.10 Å². The molecule has 0 saturated carbocycles. The molecule has 0 aliphatic carbocycles. The van der Waals surface area contributed by atoms with Gasteiger partial charge in [0.2, 0.25) is 0 Å². The van der Waals surface area contributed by atoms with E-state index in [1.54, 1.807) is 4.90 Å². The minimum Gasteiger partial charge on any atom is -0.480 e. The second-order valence-corrected chi connectivity index (χ2v) is 5.29. The summed E-state index contributed by atoms with van der Waals surface area (Å²) < 4.78 is 0. The topological polar surface area (TPSA) is 101 Å². The molecule has 0 spiro atoms. The SMILES string of the molecule is O=C(O)[C@@H]1C[C@@H](O)CN1C(=O)N1CCC(CO)CC1. The molecule has 0 aromatic carbocycles. The Labute approximate surface area is 111 Å². The van der Waals surface area contributed by atoms with Crippen LogP contribution in [-0.4, -0.2) is 75.5 Å². The van der Waals surface area contributed by atoms with E-state index in [1.165, 1.54) is 4.90 Å². The molecule has 7 nitrogen and oxygen atoms in total. The number of aliphatic carboxylic acids is 1. The predicted octanol–water partition coefficient (Wildman–Crippen LogP) is -0.669. The molecule has 2 atom stereocenters. The van der Waals surface area contributed by atoms with Gasteiger partial charge < -0.3 is 25.1 Å². The van der Waals surface area contributed by atoms with Crippen molar-refractivity contribution in [1.29, 1.82) is 0 Å². The lowest BCUT2D eigenvalue weighted by Crippen LogP contribution is -2.50. The van der Waals surface area contributed by atoms with Crippen LogP contribution in [0, 0.1) is 5.92 Å². The van der Waals surface area contributed by atoms with Gasteiger partial charge in [-0.3, -0.25) is 0 Å². The number of carbonyl (C=O) groups excluding carboxylic acids is 1. The van der Waals surface area contributed by atoms with Gasteiger partial charge in [-0.25, -0.2) is 9.59 Å². The van der Waals surface area contributed by atoms with Crippen LogP contribution in [-0.2, 0) is 4.79 Å². The van der Waals surface area contributed by atoms with Crippen molar-refractivity contribution in [1.82, 2.24) is 9.80 Å². The van der Waals surface area contributed by atoms with Gasteiger partial charge in [-0.05, 0) is 18.8 Å². The van der Waals surface area contributed by atoms with Crippen LogP contribution in [0.5, 0.6) is 0 Å². The van der Waals surface area contributed by atoms with Crippen LogP contribution in [0.25, 0.3) is 0 Å². The van der Waals surface area contributed by atoms with Crippen molar-refractivity contribution >= 4 is 12.0 Å². The van der Waals surface area contributed by atoms with Gasteiger partial charge in [-0.15, -0.1) is 0 Å². The molecule has 3 N–H and O–H groups in total. The first-order valence-electron chi connectivity index (χ1n) is 6.60. The zero-order valence-electron chi connectivity index (χ0n) is 10.7. The number of carboxylic acid groups (broad SMARTS) is 1. The van der Waals surface area contributed by atoms with Crippen molar-refractivity contribution < 1.29 is 24.9 Å². The van der Waals surface area contributed by atoms with E-state index in [-0.39, 0.29) is 31.5 Å². The van der Waals surface area contributed by atoms with Crippen molar-refractivity contribution in [3.8, 4) is 0 Å². The Morgan fingerprint density at radius 3 is 2.37 bits per heavy atom. The molecule has 0 aromatic heterocycles. The summed E-state index contributed by atoms with van der Waals surface area (Å²) in [5.74, 6) is -0.848. The number of piperidine rings is 1. The van der Waals surface area contributed by atoms with Crippen LogP contribution >= 0.6 is 0 Å². The van der Waals surface area contributed by atoms with E-state index < -0.39 is 18.1 Å². The third-order valence-corrected chi connectivity index (χ3v) is 3.95. The number of nitrogens with zero attached hydrogens (tertiary/aromatic N) is 2. The fourth-order valence-electron chi connectivity index (χ4n) is 2.75. The summed E-state index contributed by atoms with van der Waals surface area (Å²) in [5.41, 5.74) is 0. The molecule has 2 fully saturated rings. The number of hydrogen-bond donors (Lipinski definition) is 3. The quantitative estimate of drug-likeness (QED) is 0.619. The first-order chi connectivity index (χ1) is 9.02. The summed E-state index contributed by atoms with van der Waals surface area (Å²) in [6, 6.07) is -1.25. The minimum absolute atomic E-state index is 0.0791. The fourth-order valence-corrected chi connectivity index (χ4v) is 2.75. The number of carboxylic acids is 1. The van der Waals surface area contributed by atoms with Gasteiger partial charge in [0, 0.05) is 32.7 Å². The largest absolute Gasteiger partial charge is 0.480 e. The first kappa shape index (κ1) is 14.1. The Bertz CT molecular complexity index is 354. The summed E-state index contributed by atoms with van der Waals surface area (Å²) in [5, 5.41) is 27.7. The molecule has 19 heavy (non-hydrogen) atoms. The van der Waals surface area contributed by atoms with Crippen molar-refractivity contribution in [3.63, 3.8) is 0 Å². The predicted molar refractivity (Wildman–Crippen MR) is 65.5 cm³/mol. The molecule has 2 rings (SSSR count). The number of urea groups is 1. The zero-order valence-corrected chi connectivity index (χ0v) is 10.7. The number of aliphatic hydroxyl groups excluding tert-OH is 2. The highest BCUT2D eigenvalue weighted by molar-refractivity contribution is 5.83. The molecule has 0 unspecified atom stereocenters. The van der Waals surface area contributed by atoms with Crippen molar-refractivity contribution in [2.75, 3.05) is 26.2 Å². The van der Waals surface area contributed by atoms with Gasteiger partial charge >= 0.3 is 12.0 Å². The van der Waals surface area contributed by atoms with Crippen LogP contribution in [0.2, 0.25) is 0 Å². The molecule has 108 valence electrons. The number of likely N-dealkylation sites (tertiary alicyclic amines) is 2. The van der Waals surface area contributed by atoms with Crippen LogP contribution < -0.4 is 0 Å². The molecule has 7 heteroatoms. The number of hydrogen-bond acceptors (Lipinski definition) is 4. The molecule has 2 heterocycles. The zero-order chi connectivity index (χ0) is 14.0. The molecule has 2 amide bonds. The van der Waals surface area contributed by atoms with E-state index in [0.717, 1.165) is 12.8 Å². The van der Waals surface area contributed by atoms with E-state index in [0.29, 0.717) is 13.1 Å². The maximum absolute atomic E-state index is 12.3. The van der Waals surface area contributed by atoms with Crippen molar-refractivity contribution in [3.05, 3.63) is 0 Å². The summed E-state index contributed by atoms with van der Waals surface area (Å²) in [7, 11) is 0. The second kappa shape index (κ2) is 5.75. The molecular formula is C12H20N2O5. The minimum atomic E-state index is -1.07. The lowest BCUT2D eigenvalue weighted by molar-refractivity contribution is -0.141. The first-order valence-corrected chi connectivity index (χ1v) is 6.60. The fraction of sp³-hybridized carbons (Fsp3) is 0.833. The molecule has 0 bridgehead atoms. The maximum atomic E-state index is 12.3. The summed E-state index contributed by atoms with van der Waals surface area (Å²) in [6.45, 7) is 1.27. The molecule has 2 aliphatic rings. The Balaban J connectivity index is 1.97. The highest BCUT2D eigenvalue weighted by Gasteiger charge is 2.41. The van der Waals surface area contributed by atoms with E-state index in [4.69, 9.17) is 10.2 Å². The summed E-state index contributed by atoms with van der Waals surface area (Å²) >= 11 is 0. The molecule has 0 radical (unpaired) electrons. The average molecular weight is 272 g/mol. The van der Waals surface area contributed by atoms with Crippen LogP contribution in [0.1, 0.15) is 19.3 Å². The summed E-state index contributed by atoms with van der Waals surface area (Å²) in [4.78, 5) is 26.2. The Kier molecular flexibility index (Phi) is 4.26. The molecular weight excluding hydrogens is 252 g/mol. The van der Waals surface area contributed by atoms with E-state index in [9.17, 15) is 14.7 Å². The Hall–Kier alpha value is -1.34. The number of amides is 2. The van der Waals surface area contributed by atoms with Crippen LogP contribution in [0.3, 0.4) is 0 Å². The Morgan fingerprint density at radius 1 is 1.21 bits per heavy atom. The second-order valence-electron chi connectivity index (χ2n) is 5.29. The van der Waals surface area contributed by atoms with Crippen molar-refractivity contribution in [2.45, 2.75) is 31.4 Å². The monoisotopic (exact) mass is 272 g/mol. The van der Waals surface area contributed by atoms with Gasteiger partial charge in [-0.1, -0.05) is 0 Å². The van der Waals surface area contributed by atoms with Crippen LogP contribution in [0.15, 0.2) is 0 Å². The standard InChI is InChI=1S/C12H20N2O5/c15-7-8-1-3-13(4-2-8)12(19)14-6-9(16)5-10(14)11(17)18/h8-10,15-16H,1-7H2,(H,17,18)/t9-,10+/m1/s1. The van der Waals surface area contributed by atoms with Crippen molar-refractivity contribution in [2.24, 2.45) is 5.92 Å². The van der Waals surface area contributed by atoms with Gasteiger partial charge in [0.15, 0.2) is 0 Å². The third-order valence-electron chi connectivity index (χ3n) is 3.95. The van der Waals surface area contributed by atoms with Gasteiger partial charge in [0.25, 0.3) is 0 Å². The van der Waals surface area contributed by atoms with Crippen LogP contribution in [0.4, 0.5) is 4.79 Å². The van der Waals surface area contributed by atoms with Gasteiger partial charge in [0.1, 0.15) is 6.04 Å². The van der Waals surface area contributed by atoms with E-state index in [2.05, 4.69) is 0 Å². The lowest BCUT2D eigenvalue weighted by Gasteiger charge is -2.35. The molecule has 2 aliphatic heterocycles. The number of carbonyl (C=O) groups is 2. The lowest BCUT2D eigenvalue weighted by atomic mass is 9.98. The van der Waals surface area contributed by atoms with E-state index in [1.807, 2.05) is 0 Å². The average Bonchev–Trinajstić information content (AvgIpc) is 2.80.